The van der Waals surface area contributed by atoms with Gasteiger partial charge in [0.1, 0.15) is 5.75 Å². The summed E-state index contributed by atoms with van der Waals surface area (Å²) in [6, 6.07) is 6.26. The van der Waals surface area contributed by atoms with Gasteiger partial charge in [-0.3, -0.25) is 9.59 Å². The molecule has 0 radical (unpaired) electrons. The van der Waals surface area contributed by atoms with E-state index in [1.807, 2.05) is 13.8 Å². The standard InChI is InChI=1S/C19H23Cl2N3O5/c1-11(2)16-8-17(29-24-16)19(27)22-6-5-12(25)9-23-18(26)10-28-13-3-4-14(20)15(21)7-13/h3-4,7-8,11-12,25H,5-6,9-10H2,1-2H3,(H,22,27)(H,23,26)/t12-/m0/s1. The molecule has 0 aliphatic carbocycles. The Balaban J connectivity index is 1.63. The van der Waals surface area contributed by atoms with Crippen LogP contribution >= 0.6 is 23.2 Å². The molecule has 0 unspecified atom stereocenters. The molecule has 2 rings (SSSR count). The summed E-state index contributed by atoms with van der Waals surface area (Å²) >= 11 is 11.7. The van der Waals surface area contributed by atoms with Crippen molar-refractivity contribution < 1.29 is 24.0 Å². The van der Waals surface area contributed by atoms with Gasteiger partial charge in [-0.15, -0.1) is 0 Å². The zero-order chi connectivity index (χ0) is 21.4. The lowest BCUT2D eigenvalue weighted by Gasteiger charge is -2.12. The van der Waals surface area contributed by atoms with Crippen molar-refractivity contribution in [1.29, 1.82) is 0 Å². The Morgan fingerprint density at radius 2 is 1.97 bits per heavy atom. The Kier molecular flexibility index (Phi) is 8.75. The van der Waals surface area contributed by atoms with Crippen molar-refractivity contribution in [3.8, 4) is 5.75 Å². The Hall–Kier alpha value is -2.29. The number of nitrogens with one attached hydrogen (secondary N) is 2. The maximum Gasteiger partial charge on any atom is 0.289 e. The summed E-state index contributed by atoms with van der Waals surface area (Å²) in [6.45, 7) is 3.90. The smallest absolute Gasteiger partial charge is 0.289 e. The predicted molar refractivity (Wildman–Crippen MR) is 109 cm³/mol. The van der Waals surface area contributed by atoms with Gasteiger partial charge in [0.05, 0.1) is 21.8 Å². The van der Waals surface area contributed by atoms with Crippen molar-refractivity contribution in [2.75, 3.05) is 19.7 Å². The van der Waals surface area contributed by atoms with E-state index in [4.69, 9.17) is 32.5 Å². The van der Waals surface area contributed by atoms with Crippen LogP contribution in [0.15, 0.2) is 28.8 Å². The number of hydrogen-bond donors (Lipinski definition) is 3. The summed E-state index contributed by atoms with van der Waals surface area (Å²) in [5.74, 6) is -0.120. The molecule has 1 aromatic carbocycles. The number of aromatic nitrogens is 1. The highest BCUT2D eigenvalue weighted by Gasteiger charge is 2.15. The molecule has 0 aliphatic heterocycles. The third kappa shape index (κ3) is 7.56. The number of carbonyl (C=O) groups excluding carboxylic acids is 2. The second-order valence-corrected chi connectivity index (χ2v) is 7.45. The molecule has 10 heteroatoms. The van der Waals surface area contributed by atoms with Crippen molar-refractivity contribution in [1.82, 2.24) is 15.8 Å². The maximum absolute atomic E-state index is 12.0. The summed E-state index contributed by atoms with van der Waals surface area (Å²) < 4.78 is 10.3. The zero-order valence-electron chi connectivity index (χ0n) is 16.1. The highest BCUT2D eigenvalue weighted by molar-refractivity contribution is 6.42. The molecule has 1 heterocycles. The number of aliphatic hydroxyl groups is 1. The van der Waals surface area contributed by atoms with Crippen molar-refractivity contribution in [3.05, 3.63) is 45.8 Å². The molecule has 1 aromatic heterocycles. The van der Waals surface area contributed by atoms with Crippen LogP contribution in [-0.2, 0) is 4.79 Å². The van der Waals surface area contributed by atoms with Gasteiger partial charge < -0.3 is 25.0 Å². The van der Waals surface area contributed by atoms with Crippen molar-refractivity contribution in [2.45, 2.75) is 32.3 Å². The van der Waals surface area contributed by atoms with E-state index in [-0.39, 0.29) is 37.8 Å². The number of benzene rings is 1. The quantitative estimate of drug-likeness (QED) is 0.520. The van der Waals surface area contributed by atoms with E-state index in [1.54, 1.807) is 18.2 Å². The van der Waals surface area contributed by atoms with Crippen LogP contribution < -0.4 is 15.4 Å². The molecular formula is C19H23Cl2N3O5. The molecule has 2 amide bonds. The molecule has 8 nitrogen and oxygen atoms in total. The molecule has 0 spiro atoms. The number of hydrogen-bond acceptors (Lipinski definition) is 6. The van der Waals surface area contributed by atoms with E-state index in [0.717, 1.165) is 0 Å². The minimum absolute atomic E-state index is 0.0270. The fraction of sp³-hybridized carbons (Fsp3) is 0.421. The van der Waals surface area contributed by atoms with Gasteiger partial charge in [-0.05, 0) is 24.5 Å². The Labute approximate surface area is 178 Å². The fourth-order valence-electron chi connectivity index (χ4n) is 2.21. The lowest BCUT2D eigenvalue weighted by atomic mass is 10.1. The highest BCUT2D eigenvalue weighted by atomic mass is 35.5. The van der Waals surface area contributed by atoms with Gasteiger partial charge in [-0.1, -0.05) is 42.2 Å². The van der Waals surface area contributed by atoms with Gasteiger partial charge in [-0.25, -0.2) is 0 Å². The number of rotatable bonds is 10. The molecular weight excluding hydrogens is 421 g/mol. The zero-order valence-corrected chi connectivity index (χ0v) is 17.6. The van der Waals surface area contributed by atoms with Crippen LogP contribution in [0.4, 0.5) is 0 Å². The maximum atomic E-state index is 12.0. The van der Waals surface area contributed by atoms with Crippen LogP contribution in [0.2, 0.25) is 10.0 Å². The SMILES string of the molecule is CC(C)c1cc(C(=O)NCC[C@H](O)CNC(=O)COc2ccc(Cl)c(Cl)c2)on1. The number of aliphatic hydroxyl groups excluding tert-OH is 1. The number of nitrogens with zero attached hydrogens (tertiary/aromatic N) is 1. The number of amides is 2. The average molecular weight is 444 g/mol. The second-order valence-electron chi connectivity index (χ2n) is 6.64. The molecule has 0 saturated carbocycles. The lowest BCUT2D eigenvalue weighted by Crippen LogP contribution is -2.37. The first-order valence-corrected chi connectivity index (χ1v) is 9.79. The lowest BCUT2D eigenvalue weighted by molar-refractivity contribution is -0.123. The molecule has 29 heavy (non-hydrogen) atoms. The Morgan fingerprint density at radius 1 is 1.21 bits per heavy atom. The first-order valence-electron chi connectivity index (χ1n) is 9.03. The fourth-order valence-corrected chi connectivity index (χ4v) is 2.50. The van der Waals surface area contributed by atoms with E-state index < -0.39 is 17.9 Å². The normalized spacial score (nSPS) is 11.9. The van der Waals surface area contributed by atoms with E-state index in [1.165, 1.54) is 6.07 Å². The van der Waals surface area contributed by atoms with Crippen LogP contribution in [-0.4, -0.2) is 47.9 Å². The van der Waals surface area contributed by atoms with Gasteiger partial charge >= 0.3 is 0 Å². The minimum atomic E-state index is -0.829. The monoisotopic (exact) mass is 443 g/mol. The van der Waals surface area contributed by atoms with Gasteiger partial charge in [0, 0.05) is 25.2 Å². The molecule has 1 atom stereocenters. The van der Waals surface area contributed by atoms with E-state index in [0.29, 0.717) is 21.5 Å². The Bertz CT molecular complexity index is 841. The molecule has 3 N–H and O–H groups in total. The van der Waals surface area contributed by atoms with E-state index in [9.17, 15) is 14.7 Å². The average Bonchev–Trinajstić information content (AvgIpc) is 3.18. The number of ether oxygens (including phenoxy) is 1. The number of carbonyl (C=O) groups is 2. The summed E-state index contributed by atoms with van der Waals surface area (Å²) in [7, 11) is 0. The topological polar surface area (TPSA) is 114 Å². The van der Waals surface area contributed by atoms with Gasteiger partial charge in [-0.2, -0.15) is 0 Å². The molecule has 158 valence electrons. The third-order valence-electron chi connectivity index (χ3n) is 3.90. The molecule has 0 bridgehead atoms. The van der Waals surface area contributed by atoms with Gasteiger partial charge in [0.25, 0.3) is 11.8 Å². The van der Waals surface area contributed by atoms with Crippen LogP contribution in [0.1, 0.15) is 42.4 Å². The Morgan fingerprint density at radius 3 is 2.62 bits per heavy atom. The second kappa shape index (κ2) is 11.0. The first-order chi connectivity index (χ1) is 13.8. The first kappa shape index (κ1) is 23.0. The van der Waals surface area contributed by atoms with Crippen LogP contribution in [0.5, 0.6) is 5.75 Å². The minimum Gasteiger partial charge on any atom is -0.484 e. The van der Waals surface area contributed by atoms with Gasteiger partial charge in [0.2, 0.25) is 5.76 Å². The molecule has 0 fully saturated rings. The van der Waals surface area contributed by atoms with Crippen LogP contribution in [0, 0.1) is 0 Å². The van der Waals surface area contributed by atoms with E-state index >= 15 is 0 Å². The molecule has 0 aliphatic rings. The highest BCUT2D eigenvalue weighted by Crippen LogP contribution is 2.26. The summed E-state index contributed by atoms with van der Waals surface area (Å²) in [5, 5.41) is 19.7. The van der Waals surface area contributed by atoms with E-state index in [2.05, 4.69) is 15.8 Å². The largest absolute Gasteiger partial charge is 0.484 e. The van der Waals surface area contributed by atoms with Crippen LogP contribution in [0.25, 0.3) is 0 Å². The summed E-state index contributed by atoms with van der Waals surface area (Å²) in [4.78, 5) is 23.8. The van der Waals surface area contributed by atoms with Crippen molar-refractivity contribution in [3.63, 3.8) is 0 Å². The summed E-state index contributed by atoms with van der Waals surface area (Å²) in [5.41, 5.74) is 0.695. The predicted octanol–water partition coefficient (Wildman–Crippen LogP) is 2.78. The number of halogens is 2. The molecule has 2 aromatic rings. The van der Waals surface area contributed by atoms with Crippen molar-refractivity contribution >= 4 is 35.0 Å². The summed E-state index contributed by atoms with van der Waals surface area (Å²) in [6.07, 6.45) is -0.574. The van der Waals surface area contributed by atoms with Crippen molar-refractivity contribution in [2.24, 2.45) is 0 Å². The van der Waals surface area contributed by atoms with Gasteiger partial charge in [0.15, 0.2) is 6.61 Å². The van der Waals surface area contributed by atoms with Crippen LogP contribution in [0.3, 0.4) is 0 Å². The third-order valence-corrected chi connectivity index (χ3v) is 4.64. The molecule has 0 saturated heterocycles.